The van der Waals surface area contributed by atoms with E-state index in [1.807, 2.05) is 6.07 Å². The maximum atomic E-state index is 12.1. The number of rotatable bonds is 4. The van der Waals surface area contributed by atoms with Crippen LogP contribution in [0.2, 0.25) is 0 Å². The molecule has 1 N–H and O–H groups in total. The Balaban J connectivity index is 1.61. The van der Waals surface area contributed by atoms with Crippen molar-refractivity contribution < 1.29 is 19.2 Å². The van der Waals surface area contributed by atoms with Crippen molar-refractivity contribution in [3.63, 3.8) is 0 Å². The summed E-state index contributed by atoms with van der Waals surface area (Å²) in [5.74, 6) is -0.428. The molecule has 2 aliphatic heterocycles. The minimum atomic E-state index is -1.37. The van der Waals surface area contributed by atoms with Gasteiger partial charge in [0.2, 0.25) is 17.6 Å². The molecule has 0 aromatic heterocycles. The fourth-order valence-electron chi connectivity index (χ4n) is 7.92. The summed E-state index contributed by atoms with van der Waals surface area (Å²) in [6.07, 6.45) is -0.493. The van der Waals surface area contributed by atoms with E-state index >= 15 is 0 Å². The van der Waals surface area contributed by atoms with Crippen molar-refractivity contribution in [2.45, 2.75) is 62.5 Å². The first-order valence-electron chi connectivity index (χ1n) is 13.7. The summed E-state index contributed by atoms with van der Waals surface area (Å²) in [5, 5.41) is 16.8. The summed E-state index contributed by atoms with van der Waals surface area (Å²) in [6, 6.07) is 23.6. The van der Waals surface area contributed by atoms with Crippen LogP contribution >= 0.6 is 0 Å². The predicted molar refractivity (Wildman–Crippen MR) is 157 cm³/mol. The van der Waals surface area contributed by atoms with Crippen LogP contribution in [0.4, 0.5) is 0 Å². The zero-order valence-electron chi connectivity index (χ0n) is 23.4. The molecule has 198 valence electrons. The maximum Gasteiger partial charge on any atom is 0.249 e. The standard InChI is InChI=1S/C34H35N2O3/c1-19(2)24-18-26-28(23-15-11-10-14-22(23)24)30(36(6)33(4)32(26,3)34(33,37)38-7)29-25-16-20-12-8-9-13-21(20)17-27(25)39-31(29)35-5/h8-19,29,31,37H,5H2,1-4,6-7H3/q+1. The first-order valence-corrected chi connectivity index (χ1v) is 13.7. The monoisotopic (exact) mass is 519 g/mol. The van der Waals surface area contributed by atoms with Gasteiger partial charge in [0.15, 0.2) is 5.71 Å². The zero-order valence-corrected chi connectivity index (χ0v) is 23.4. The average Bonchev–Trinajstić information content (AvgIpc) is 3.17. The molecule has 4 aromatic rings. The first kappa shape index (κ1) is 24.5. The Morgan fingerprint density at radius 2 is 1.64 bits per heavy atom. The lowest BCUT2D eigenvalue weighted by atomic mass is 9.75. The minimum absolute atomic E-state index is 0.206. The molecule has 1 saturated carbocycles. The number of aliphatic hydroxyl groups is 1. The molecule has 0 spiro atoms. The van der Waals surface area contributed by atoms with Crippen molar-refractivity contribution in [3.05, 3.63) is 89.0 Å². The molecule has 2 heterocycles. The molecule has 0 saturated heterocycles. The quantitative estimate of drug-likeness (QED) is 0.201. The highest BCUT2D eigenvalue weighted by Gasteiger charge is 2.94. The molecule has 0 amide bonds. The van der Waals surface area contributed by atoms with Crippen molar-refractivity contribution in [1.82, 2.24) is 0 Å². The van der Waals surface area contributed by atoms with Crippen LogP contribution in [-0.4, -0.2) is 53.8 Å². The molecule has 5 heteroatoms. The third-order valence-electron chi connectivity index (χ3n) is 10.3. The third kappa shape index (κ3) is 2.68. The van der Waals surface area contributed by atoms with E-state index in [1.54, 1.807) is 7.11 Å². The predicted octanol–water partition coefficient (Wildman–Crippen LogP) is 6.13. The molecular weight excluding hydrogens is 484 g/mol. The van der Waals surface area contributed by atoms with Crippen LogP contribution in [0.25, 0.3) is 21.5 Å². The number of nitrogens with zero attached hydrogens (tertiary/aromatic N) is 2. The Morgan fingerprint density at radius 3 is 2.28 bits per heavy atom. The second-order valence-electron chi connectivity index (χ2n) is 12.0. The number of hydrogen-bond donors (Lipinski definition) is 1. The van der Waals surface area contributed by atoms with Gasteiger partial charge in [-0.2, -0.15) is 0 Å². The van der Waals surface area contributed by atoms with Crippen LogP contribution in [0.5, 0.6) is 5.75 Å². The van der Waals surface area contributed by atoms with E-state index in [2.05, 4.69) is 112 Å². The number of fused-ring (bicyclic) bond motifs is 7. The van der Waals surface area contributed by atoms with E-state index in [0.717, 1.165) is 38.9 Å². The zero-order chi connectivity index (χ0) is 27.5. The van der Waals surface area contributed by atoms with Gasteiger partial charge in [0.25, 0.3) is 0 Å². The Hall–Kier alpha value is -3.54. The Bertz CT molecular complexity index is 1760. The van der Waals surface area contributed by atoms with Gasteiger partial charge in [-0.05, 0) is 64.4 Å². The topological polar surface area (TPSA) is 54.1 Å². The third-order valence-corrected chi connectivity index (χ3v) is 10.3. The van der Waals surface area contributed by atoms with Crippen LogP contribution in [-0.2, 0) is 10.2 Å². The van der Waals surface area contributed by atoms with Crippen molar-refractivity contribution in [2.75, 3.05) is 14.2 Å². The highest BCUT2D eigenvalue weighted by Crippen LogP contribution is 2.71. The number of ether oxygens (including phenoxy) is 2. The van der Waals surface area contributed by atoms with Crippen molar-refractivity contribution >= 4 is 34.0 Å². The summed E-state index contributed by atoms with van der Waals surface area (Å²) in [6.45, 7) is 12.7. The molecule has 3 aliphatic rings. The molecule has 39 heavy (non-hydrogen) atoms. The Morgan fingerprint density at radius 1 is 1.00 bits per heavy atom. The van der Waals surface area contributed by atoms with E-state index in [-0.39, 0.29) is 5.92 Å². The molecule has 5 nitrogen and oxygen atoms in total. The lowest BCUT2D eigenvalue weighted by molar-refractivity contribution is -0.572. The van der Waals surface area contributed by atoms with E-state index < -0.39 is 23.0 Å². The summed E-state index contributed by atoms with van der Waals surface area (Å²) < 4.78 is 14.7. The van der Waals surface area contributed by atoms with Gasteiger partial charge in [0.1, 0.15) is 24.1 Å². The van der Waals surface area contributed by atoms with Crippen LogP contribution in [0.3, 0.4) is 0 Å². The van der Waals surface area contributed by atoms with E-state index in [9.17, 15) is 5.11 Å². The van der Waals surface area contributed by atoms with Gasteiger partial charge in [0.05, 0.1) is 5.56 Å². The molecular formula is C34H35N2O3+. The second kappa shape index (κ2) is 7.77. The first-order chi connectivity index (χ1) is 18.6. The van der Waals surface area contributed by atoms with Gasteiger partial charge in [-0.1, -0.05) is 68.4 Å². The summed E-state index contributed by atoms with van der Waals surface area (Å²) in [7, 11) is 3.69. The number of methoxy groups -OCH3 is 1. The summed E-state index contributed by atoms with van der Waals surface area (Å²) in [5.41, 5.74) is 4.35. The van der Waals surface area contributed by atoms with Crippen LogP contribution in [0.1, 0.15) is 61.8 Å². The van der Waals surface area contributed by atoms with Gasteiger partial charge in [-0.25, -0.2) is 4.58 Å². The largest absolute Gasteiger partial charge is 0.467 e. The molecule has 5 unspecified atom stereocenters. The maximum absolute atomic E-state index is 12.1. The molecule has 5 atom stereocenters. The minimum Gasteiger partial charge on any atom is -0.467 e. The van der Waals surface area contributed by atoms with Gasteiger partial charge >= 0.3 is 0 Å². The summed E-state index contributed by atoms with van der Waals surface area (Å²) >= 11 is 0. The van der Waals surface area contributed by atoms with Gasteiger partial charge in [-0.15, -0.1) is 0 Å². The summed E-state index contributed by atoms with van der Waals surface area (Å²) in [4.78, 5) is 4.50. The van der Waals surface area contributed by atoms with E-state index in [4.69, 9.17) is 9.47 Å². The normalized spacial score (nSPS) is 30.8. The van der Waals surface area contributed by atoms with Crippen LogP contribution in [0.15, 0.2) is 71.7 Å². The van der Waals surface area contributed by atoms with Gasteiger partial charge < -0.3 is 14.6 Å². The lowest BCUT2D eigenvalue weighted by Crippen LogP contribution is -2.45. The Kier molecular flexibility index (Phi) is 4.88. The number of aliphatic imine (C=N–C) groups is 1. The second-order valence-corrected chi connectivity index (χ2v) is 12.0. The number of hydrogen-bond acceptors (Lipinski definition) is 4. The van der Waals surface area contributed by atoms with E-state index in [1.165, 1.54) is 16.3 Å². The fourth-order valence-corrected chi connectivity index (χ4v) is 7.92. The lowest BCUT2D eigenvalue weighted by Gasteiger charge is -2.30. The SMILES string of the molecule is C=NC1Oc2cc3ccccc3cc2C1C1=[N+](C)C2(C)C(O)(OC)C2(C)c2cc(C(C)C)c3ccccc3c21. The Labute approximate surface area is 229 Å². The van der Waals surface area contributed by atoms with Gasteiger partial charge in [-0.3, -0.25) is 4.99 Å². The van der Waals surface area contributed by atoms with Crippen molar-refractivity contribution in [1.29, 1.82) is 0 Å². The molecule has 0 radical (unpaired) electrons. The smallest absolute Gasteiger partial charge is 0.249 e. The van der Waals surface area contributed by atoms with Crippen molar-refractivity contribution in [3.8, 4) is 5.75 Å². The molecule has 4 aromatic carbocycles. The highest BCUT2D eigenvalue weighted by molar-refractivity contribution is 6.15. The average molecular weight is 520 g/mol. The van der Waals surface area contributed by atoms with E-state index in [0.29, 0.717) is 5.92 Å². The van der Waals surface area contributed by atoms with Crippen molar-refractivity contribution in [2.24, 2.45) is 4.99 Å². The molecule has 7 rings (SSSR count). The van der Waals surface area contributed by atoms with Crippen LogP contribution < -0.4 is 4.74 Å². The molecule has 1 fully saturated rings. The highest BCUT2D eigenvalue weighted by atomic mass is 16.6. The molecule has 0 bridgehead atoms. The fraction of sp³-hybridized carbons (Fsp3) is 0.353. The number of likely N-dealkylation sites (N-methyl/N-ethyl adjacent to an activating group) is 1. The number of benzene rings is 4. The van der Waals surface area contributed by atoms with Gasteiger partial charge in [0, 0.05) is 19.6 Å². The molecule has 1 aliphatic carbocycles. The van der Waals surface area contributed by atoms with Crippen LogP contribution in [0, 0.1) is 0 Å².